The second kappa shape index (κ2) is 3.67. The number of carbonyl (C=O) groups is 1. The van der Waals surface area contributed by atoms with Gasteiger partial charge in [-0.2, -0.15) is 0 Å². The average molecular weight is 158 g/mol. The van der Waals surface area contributed by atoms with Crippen molar-refractivity contribution in [3.63, 3.8) is 0 Å². The molecule has 0 atom stereocenters. The Morgan fingerprint density at radius 1 is 1.25 bits per heavy atom. The van der Waals surface area contributed by atoms with Crippen LogP contribution in [-0.4, -0.2) is 5.78 Å². The number of benzene rings is 1. The van der Waals surface area contributed by atoms with Gasteiger partial charge in [0.25, 0.3) is 0 Å². The third-order valence-electron chi connectivity index (χ3n) is 1.63. The van der Waals surface area contributed by atoms with E-state index < -0.39 is 0 Å². The fraction of sp³-hybridized carbons (Fsp3) is 0. The van der Waals surface area contributed by atoms with Crippen LogP contribution >= 0.6 is 0 Å². The molecule has 1 rings (SSSR count). The summed E-state index contributed by atoms with van der Waals surface area (Å²) in [5, 5.41) is 0. The van der Waals surface area contributed by atoms with Crippen molar-refractivity contribution in [1.29, 1.82) is 0 Å². The van der Waals surface area contributed by atoms with E-state index in [2.05, 4.69) is 13.2 Å². The molecule has 0 heterocycles. The van der Waals surface area contributed by atoms with Gasteiger partial charge in [0.2, 0.25) is 0 Å². The summed E-state index contributed by atoms with van der Waals surface area (Å²) in [6, 6.07) is 7.31. The zero-order chi connectivity index (χ0) is 8.97. The summed E-state index contributed by atoms with van der Waals surface area (Å²) in [4.78, 5) is 11.2. The van der Waals surface area contributed by atoms with Gasteiger partial charge in [-0.3, -0.25) is 4.79 Å². The Kier molecular flexibility index (Phi) is 2.59. The molecule has 1 nitrogen and oxygen atoms in total. The second-order valence-corrected chi connectivity index (χ2v) is 2.36. The zero-order valence-corrected chi connectivity index (χ0v) is 6.79. The smallest absolute Gasteiger partial charge is 0.185 e. The summed E-state index contributed by atoms with van der Waals surface area (Å²) >= 11 is 0. The van der Waals surface area contributed by atoms with Gasteiger partial charge in [0.1, 0.15) is 0 Å². The van der Waals surface area contributed by atoms with Gasteiger partial charge in [0.15, 0.2) is 5.78 Å². The molecule has 0 aliphatic rings. The van der Waals surface area contributed by atoms with Crippen LogP contribution in [-0.2, 0) is 0 Å². The van der Waals surface area contributed by atoms with E-state index in [9.17, 15) is 4.79 Å². The Morgan fingerprint density at radius 2 is 1.92 bits per heavy atom. The normalized spacial score (nSPS) is 9.00. The van der Waals surface area contributed by atoms with E-state index in [0.29, 0.717) is 5.56 Å². The summed E-state index contributed by atoms with van der Waals surface area (Å²) in [6.45, 7) is 7.05. The van der Waals surface area contributed by atoms with Crippen molar-refractivity contribution in [2.75, 3.05) is 0 Å². The summed E-state index contributed by atoms with van der Waals surface area (Å²) in [6.07, 6.45) is 2.97. The van der Waals surface area contributed by atoms with Gasteiger partial charge in [-0.1, -0.05) is 43.5 Å². The van der Waals surface area contributed by atoms with Crippen molar-refractivity contribution < 1.29 is 4.79 Å². The van der Waals surface area contributed by atoms with Gasteiger partial charge < -0.3 is 0 Å². The van der Waals surface area contributed by atoms with E-state index in [-0.39, 0.29) is 5.78 Å². The Labute approximate surface area is 72.0 Å². The van der Waals surface area contributed by atoms with Crippen molar-refractivity contribution in [3.05, 3.63) is 54.6 Å². The molecule has 0 aliphatic heterocycles. The van der Waals surface area contributed by atoms with Gasteiger partial charge in [-0.05, 0) is 11.6 Å². The molecule has 0 N–H and O–H groups in total. The maximum atomic E-state index is 11.2. The van der Waals surface area contributed by atoms with Gasteiger partial charge in [0.05, 0.1) is 0 Å². The molecule has 60 valence electrons. The van der Waals surface area contributed by atoms with Crippen LogP contribution in [0.25, 0.3) is 6.08 Å². The van der Waals surface area contributed by atoms with Gasteiger partial charge in [0, 0.05) is 5.56 Å². The molecule has 12 heavy (non-hydrogen) atoms. The highest BCUT2D eigenvalue weighted by Crippen LogP contribution is 2.10. The van der Waals surface area contributed by atoms with Crippen LogP contribution in [0.5, 0.6) is 0 Å². The maximum absolute atomic E-state index is 11.2. The van der Waals surface area contributed by atoms with Crippen LogP contribution in [0.15, 0.2) is 43.5 Å². The quantitative estimate of drug-likeness (QED) is 0.488. The topological polar surface area (TPSA) is 17.1 Å². The SMILES string of the molecule is C=CC(=O)c1ccccc1C=C. The fourth-order valence-electron chi connectivity index (χ4n) is 1.01. The lowest BCUT2D eigenvalue weighted by Crippen LogP contribution is -1.95. The summed E-state index contributed by atoms with van der Waals surface area (Å²) in [5.41, 5.74) is 1.50. The molecule has 1 aromatic rings. The first kappa shape index (κ1) is 8.47. The van der Waals surface area contributed by atoms with E-state index in [0.717, 1.165) is 5.56 Å². The first-order valence-electron chi connectivity index (χ1n) is 3.68. The molecule has 0 unspecified atom stereocenters. The predicted molar refractivity (Wildman–Crippen MR) is 51.1 cm³/mol. The van der Waals surface area contributed by atoms with Crippen LogP contribution in [0.1, 0.15) is 15.9 Å². The zero-order valence-electron chi connectivity index (χ0n) is 6.79. The highest BCUT2D eigenvalue weighted by Gasteiger charge is 2.03. The molecule has 0 aromatic heterocycles. The lowest BCUT2D eigenvalue weighted by atomic mass is 10.0. The summed E-state index contributed by atoms with van der Waals surface area (Å²) < 4.78 is 0. The van der Waals surface area contributed by atoms with E-state index >= 15 is 0 Å². The van der Waals surface area contributed by atoms with Crippen LogP contribution in [0, 0.1) is 0 Å². The molecule has 0 bridgehead atoms. The van der Waals surface area contributed by atoms with Crippen LogP contribution in [0.2, 0.25) is 0 Å². The second-order valence-electron chi connectivity index (χ2n) is 2.36. The van der Waals surface area contributed by atoms with Crippen LogP contribution < -0.4 is 0 Å². The third-order valence-corrected chi connectivity index (χ3v) is 1.63. The molecule has 0 saturated carbocycles. The third kappa shape index (κ3) is 1.51. The fourth-order valence-corrected chi connectivity index (χ4v) is 1.01. The lowest BCUT2D eigenvalue weighted by Gasteiger charge is -1.99. The first-order valence-corrected chi connectivity index (χ1v) is 3.68. The monoisotopic (exact) mass is 158 g/mol. The highest BCUT2D eigenvalue weighted by atomic mass is 16.1. The number of allylic oxidation sites excluding steroid dienone is 1. The van der Waals surface area contributed by atoms with E-state index in [4.69, 9.17) is 0 Å². The number of ketones is 1. The predicted octanol–water partition coefficient (Wildman–Crippen LogP) is 2.70. The minimum atomic E-state index is -0.0644. The van der Waals surface area contributed by atoms with E-state index in [1.807, 2.05) is 18.2 Å². The number of rotatable bonds is 3. The molecule has 1 heteroatoms. The van der Waals surface area contributed by atoms with E-state index in [1.165, 1.54) is 6.08 Å². The van der Waals surface area contributed by atoms with Crippen LogP contribution in [0.3, 0.4) is 0 Å². The number of hydrogen-bond acceptors (Lipinski definition) is 1. The molecule has 0 amide bonds. The molecule has 0 fully saturated rings. The largest absolute Gasteiger partial charge is 0.289 e. The molecule has 1 aromatic carbocycles. The van der Waals surface area contributed by atoms with Crippen molar-refractivity contribution in [2.24, 2.45) is 0 Å². The minimum Gasteiger partial charge on any atom is -0.289 e. The molecular formula is C11H10O. The van der Waals surface area contributed by atoms with Crippen molar-refractivity contribution in [3.8, 4) is 0 Å². The molecule has 0 radical (unpaired) electrons. The standard InChI is InChI=1S/C11H10O/c1-3-9-7-5-6-8-10(9)11(12)4-2/h3-8H,1-2H2. The van der Waals surface area contributed by atoms with Crippen LogP contribution in [0.4, 0.5) is 0 Å². The Morgan fingerprint density at radius 3 is 2.50 bits per heavy atom. The van der Waals surface area contributed by atoms with Gasteiger partial charge >= 0.3 is 0 Å². The van der Waals surface area contributed by atoms with Crippen molar-refractivity contribution in [1.82, 2.24) is 0 Å². The summed E-state index contributed by atoms with van der Waals surface area (Å²) in [7, 11) is 0. The number of hydrogen-bond donors (Lipinski definition) is 0. The molecule has 0 saturated heterocycles. The number of carbonyl (C=O) groups excluding carboxylic acids is 1. The van der Waals surface area contributed by atoms with Gasteiger partial charge in [-0.15, -0.1) is 0 Å². The highest BCUT2D eigenvalue weighted by molar-refractivity contribution is 6.06. The Hall–Kier alpha value is -1.63. The van der Waals surface area contributed by atoms with E-state index in [1.54, 1.807) is 12.1 Å². The average Bonchev–Trinajstić information content (AvgIpc) is 2.16. The lowest BCUT2D eigenvalue weighted by molar-refractivity contribution is 0.104. The maximum Gasteiger partial charge on any atom is 0.185 e. The van der Waals surface area contributed by atoms with Crippen molar-refractivity contribution in [2.45, 2.75) is 0 Å². The Bertz CT molecular complexity index is 324. The Balaban J connectivity index is 3.21. The van der Waals surface area contributed by atoms with Gasteiger partial charge in [-0.25, -0.2) is 0 Å². The molecule has 0 aliphatic carbocycles. The molecular weight excluding hydrogens is 148 g/mol. The first-order chi connectivity index (χ1) is 5.79. The summed E-state index contributed by atoms with van der Waals surface area (Å²) in [5.74, 6) is -0.0644. The van der Waals surface area contributed by atoms with Crippen molar-refractivity contribution >= 4 is 11.9 Å². The molecule has 0 spiro atoms. The minimum absolute atomic E-state index is 0.0644.